The van der Waals surface area contributed by atoms with E-state index < -0.39 is 84.2 Å². The molecule has 7 aliphatic rings. The molecule has 0 spiro atoms. The van der Waals surface area contributed by atoms with E-state index in [2.05, 4.69) is 47.3 Å². The molecule has 17 atom stereocenters. The topological polar surface area (TPSA) is 213 Å². The van der Waals surface area contributed by atoms with Gasteiger partial charge in [-0.3, -0.25) is 4.79 Å². The highest BCUT2D eigenvalue weighted by molar-refractivity contribution is 5.77. The molecule has 6 fully saturated rings. The van der Waals surface area contributed by atoms with Crippen molar-refractivity contribution in [1.29, 1.82) is 0 Å². The molecule has 5 aliphatic carbocycles. The van der Waals surface area contributed by atoms with Gasteiger partial charge >= 0.3 is 11.9 Å². The Morgan fingerprint density at radius 1 is 0.830 bits per heavy atom. The van der Waals surface area contributed by atoms with Crippen LogP contribution < -0.4 is 0 Å². The molecular weight excluding hydrogens is 688 g/mol. The summed E-state index contributed by atoms with van der Waals surface area (Å²) in [5, 5.41) is 73.4. The predicted molar refractivity (Wildman–Crippen MR) is 188 cm³/mol. The van der Waals surface area contributed by atoms with Crippen molar-refractivity contribution < 1.29 is 64.3 Å². The summed E-state index contributed by atoms with van der Waals surface area (Å²) in [5.74, 6) is -1.66. The van der Waals surface area contributed by atoms with Crippen LogP contribution in [0, 0.1) is 44.8 Å². The van der Waals surface area contributed by atoms with Crippen molar-refractivity contribution in [3.63, 3.8) is 0 Å². The van der Waals surface area contributed by atoms with Gasteiger partial charge in [0.1, 0.15) is 36.6 Å². The number of aliphatic hydroxyl groups excluding tert-OH is 5. The van der Waals surface area contributed by atoms with Crippen molar-refractivity contribution in [1.82, 2.24) is 0 Å². The molecule has 13 nitrogen and oxygen atoms in total. The summed E-state index contributed by atoms with van der Waals surface area (Å²) in [6, 6.07) is 0. The second kappa shape index (κ2) is 13.3. The first-order chi connectivity index (χ1) is 24.7. The van der Waals surface area contributed by atoms with Gasteiger partial charge in [0.2, 0.25) is 0 Å². The second-order valence-corrected chi connectivity index (χ2v) is 18.8. The van der Waals surface area contributed by atoms with Crippen molar-refractivity contribution in [2.45, 2.75) is 160 Å². The number of aliphatic hydroxyl groups is 5. The van der Waals surface area contributed by atoms with E-state index in [1.54, 1.807) is 0 Å². The van der Waals surface area contributed by atoms with E-state index >= 15 is 0 Å². The molecule has 4 saturated carbocycles. The van der Waals surface area contributed by atoms with Gasteiger partial charge in [-0.1, -0.05) is 58.4 Å². The standard InChI is InChI=1S/C40H60O13/c1-19-9-14-40(35(48)49)16-15-38(5)20(21(40)17-19)7-8-24-37(4)12-11-25(36(2,3)23(37)10-13-39(24,38)6)51-34-29(45)30(28(44)31(53-34)32(46)47)52-33-27(43)26(42)22(41)18-50-33/h7,21-31,33-34,41-45H,1,8-18H2,2-6H3,(H,46,47)(H,48,49)/t21-,22+,23-,24+,25-,26-,27+,28-,29+,30-,31-,33-,34+,37-,38+,39+,40-/m0/s1. The summed E-state index contributed by atoms with van der Waals surface area (Å²) in [4.78, 5) is 25.1. The zero-order chi connectivity index (χ0) is 38.6. The number of allylic oxidation sites excluding steroid dienone is 3. The van der Waals surface area contributed by atoms with Gasteiger partial charge in [-0.2, -0.15) is 0 Å². The van der Waals surface area contributed by atoms with Crippen LogP contribution in [-0.2, 0) is 28.5 Å². The lowest BCUT2D eigenvalue weighted by molar-refractivity contribution is -0.357. The average Bonchev–Trinajstić information content (AvgIpc) is 3.08. The van der Waals surface area contributed by atoms with Gasteiger partial charge in [0.25, 0.3) is 0 Å². The van der Waals surface area contributed by atoms with Gasteiger partial charge in [-0.05, 0) is 97.7 Å². The maximum Gasteiger partial charge on any atom is 0.335 e. The first-order valence-electron chi connectivity index (χ1n) is 19.5. The van der Waals surface area contributed by atoms with Crippen molar-refractivity contribution in [3.05, 3.63) is 23.8 Å². The van der Waals surface area contributed by atoms with Crippen LogP contribution in [-0.4, -0.2) is 116 Å². The van der Waals surface area contributed by atoms with Crippen LogP contribution in [0.1, 0.15) is 98.8 Å². The molecule has 0 aromatic rings. The van der Waals surface area contributed by atoms with E-state index in [-0.39, 0.29) is 34.7 Å². The molecule has 0 unspecified atom stereocenters. The molecule has 7 rings (SSSR count). The molecule has 0 aromatic heterocycles. The van der Waals surface area contributed by atoms with E-state index in [9.17, 15) is 45.3 Å². The molecule has 0 radical (unpaired) electrons. The average molecular weight is 749 g/mol. The van der Waals surface area contributed by atoms with Crippen LogP contribution in [0.15, 0.2) is 23.8 Å². The van der Waals surface area contributed by atoms with Crippen molar-refractivity contribution in [3.8, 4) is 0 Å². The van der Waals surface area contributed by atoms with Gasteiger partial charge in [-0.15, -0.1) is 0 Å². The summed E-state index contributed by atoms with van der Waals surface area (Å²) in [6.07, 6.45) is -4.94. The lowest BCUT2D eigenvalue weighted by atomic mass is 9.34. The normalized spacial score (nSPS) is 52.2. The van der Waals surface area contributed by atoms with Crippen LogP contribution in [0.25, 0.3) is 0 Å². The summed E-state index contributed by atoms with van der Waals surface area (Å²) >= 11 is 0. The summed E-state index contributed by atoms with van der Waals surface area (Å²) in [5.41, 5.74) is 1.02. The quantitative estimate of drug-likeness (QED) is 0.154. The van der Waals surface area contributed by atoms with Gasteiger partial charge in [-0.25, -0.2) is 4.79 Å². The first-order valence-corrected chi connectivity index (χ1v) is 19.5. The number of carbonyl (C=O) groups is 2. The molecule has 2 heterocycles. The molecule has 0 amide bonds. The van der Waals surface area contributed by atoms with Gasteiger partial charge in [0.15, 0.2) is 18.7 Å². The number of rotatable bonds is 6. The van der Waals surface area contributed by atoms with E-state index in [1.807, 2.05) is 0 Å². The zero-order valence-electron chi connectivity index (χ0n) is 31.6. The Bertz CT molecular complexity index is 1510. The molecule has 0 aromatic carbocycles. The fourth-order valence-electron chi connectivity index (χ4n) is 12.9. The van der Waals surface area contributed by atoms with E-state index in [0.29, 0.717) is 25.2 Å². The fraction of sp³-hybridized carbons (Fsp3) is 0.850. The maximum atomic E-state index is 12.9. The van der Waals surface area contributed by atoms with E-state index in [1.165, 1.54) is 5.57 Å². The van der Waals surface area contributed by atoms with Crippen LogP contribution in [0.3, 0.4) is 0 Å². The maximum absolute atomic E-state index is 12.9. The highest BCUT2D eigenvalue weighted by atomic mass is 16.7. The highest BCUT2D eigenvalue weighted by Gasteiger charge is 2.69. The van der Waals surface area contributed by atoms with Crippen LogP contribution >= 0.6 is 0 Å². The number of carboxylic acid groups (broad SMARTS) is 2. The molecule has 298 valence electrons. The third-order valence-electron chi connectivity index (χ3n) is 16.2. The number of ether oxygens (including phenoxy) is 4. The SMILES string of the molecule is C=C1CC[C@]2(C(=O)O)CC[C@]3(C)C(=CC[C@@H]4[C@@]5(C)CC[C@H](O[C@@H]6O[C@H](C(=O)O)[C@@H](O)[C@H](O[C@@H]7OC[C@@H](O)[C@H](O)[C@H]7O)[C@H]6O)C(C)(C)[C@@H]5CC[C@]43C)[C@@H]2C1. The Balaban J connectivity index is 1.13. The highest BCUT2D eigenvalue weighted by Crippen LogP contribution is 2.75. The Morgan fingerprint density at radius 3 is 2.23 bits per heavy atom. The van der Waals surface area contributed by atoms with Crippen molar-refractivity contribution >= 4 is 11.9 Å². The van der Waals surface area contributed by atoms with Crippen LogP contribution in [0.2, 0.25) is 0 Å². The minimum absolute atomic E-state index is 0.0312. The predicted octanol–water partition coefficient (Wildman–Crippen LogP) is 3.14. The van der Waals surface area contributed by atoms with Gasteiger partial charge in [0.05, 0.1) is 18.1 Å². The molecular formula is C40H60O13. The third kappa shape index (κ3) is 5.73. The number of fused-ring (bicyclic) bond motifs is 7. The Hall–Kier alpha value is -1.94. The number of hydrogen-bond acceptors (Lipinski definition) is 11. The summed E-state index contributed by atoms with van der Waals surface area (Å²) < 4.78 is 23.3. The van der Waals surface area contributed by atoms with Gasteiger partial charge < -0.3 is 54.7 Å². The second-order valence-electron chi connectivity index (χ2n) is 18.8. The lowest BCUT2D eigenvalue weighted by Gasteiger charge is -2.71. The molecule has 53 heavy (non-hydrogen) atoms. The lowest BCUT2D eigenvalue weighted by Crippen LogP contribution is -2.66. The monoisotopic (exact) mass is 748 g/mol. The largest absolute Gasteiger partial charge is 0.481 e. The van der Waals surface area contributed by atoms with E-state index in [0.717, 1.165) is 50.5 Å². The molecule has 7 N–H and O–H groups in total. The Morgan fingerprint density at radius 2 is 1.55 bits per heavy atom. The zero-order valence-corrected chi connectivity index (χ0v) is 31.6. The van der Waals surface area contributed by atoms with Crippen LogP contribution in [0.5, 0.6) is 0 Å². The van der Waals surface area contributed by atoms with Gasteiger partial charge in [0, 0.05) is 5.92 Å². The smallest absolute Gasteiger partial charge is 0.335 e. The number of aliphatic carboxylic acids is 2. The first kappa shape index (κ1) is 39.3. The molecule has 0 bridgehead atoms. The van der Waals surface area contributed by atoms with Crippen molar-refractivity contribution in [2.24, 2.45) is 44.8 Å². The third-order valence-corrected chi connectivity index (χ3v) is 16.2. The minimum Gasteiger partial charge on any atom is -0.481 e. The van der Waals surface area contributed by atoms with E-state index in [4.69, 9.17) is 18.9 Å². The summed E-state index contributed by atoms with van der Waals surface area (Å²) in [7, 11) is 0. The molecule has 13 heteroatoms. The number of hydrogen-bond donors (Lipinski definition) is 7. The van der Waals surface area contributed by atoms with Crippen molar-refractivity contribution in [2.75, 3.05) is 6.61 Å². The Labute approximate surface area is 311 Å². The van der Waals surface area contributed by atoms with Crippen LogP contribution in [0.4, 0.5) is 0 Å². The summed E-state index contributed by atoms with van der Waals surface area (Å²) in [6.45, 7) is 15.5. The molecule has 2 aliphatic heterocycles. The fourth-order valence-corrected chi connectivity index (χ4v) is 12.9. The minimum atomic E-state index is -1.86. The molecule has 2 saturated heterocycles. The Kier molecular flexibility index (Phi) is 9.89. The number of carboxylic acids is 2.